The summed E-state index contributed by atoms with van der Waals surface area (Å²) in [4.78, 5) is 22.3. The van der Waals surface area contributed by atoms with Gasteiger partial charge in [-0.2, -0.15) is 0 Å². The largest absolute Gasteiger partial charge is 0.288 e. The molecule has 0 aliphatic heterocycles. The molecule has 0 N–H and O–H groups in total. The van der Waals surface area contributed by atoms with Crippen LogP contribution in [-0.2, 0) is 9.59 Å². The molecule has 4 atom stereocenters. The van der Waals surface area contributed by atoms with Gasteiger partial charge in [-0.15, -0.1) is 0 Å². The molecular formula is C14H24O2S2. The molecule has 1 fully saturated rings. The minimum Gasteiger partial charge on any atom is -0.288 e. The van der Waals surface area contributed by atoms with E-state index in [9.17, 15) is 9.59 Å². The molecule has 0 amide bonds. The van der Waals surface area contributed by atoms with Crippen molar-refractivity contribution < 1.29 is 9.59 Å². The molecule has 104 valence electrons. The highest BCUT2D eigenvalue weighted by Gasteiger charge is 2.31. The lowest BCUT2D eigenvalue weighted by atomic mass is 9.77. The average molecular weight is 288 g/mol. The highest BCUT2D eigenvalue weighted by Crippen LogP contribution is 2.40. The first kappa shape index (κ1) is 16.1. The molecule has 4 heteroatoms. The van der Waals surface area contributed by atoms with Crippen LogP contribution in [0.5, 0.6) is 0 Å². The van der Waals surface area contributed by atoms with Gasteiger partial charge in [-0.05, 0) is 37.0 Å². The van der Waals surface area contributed by atoms with Crippen LogP contribution in [0.3, 0.4) is 0 Å². The van der Waals surface area contributed by atoms with Crippen molar-refractivity contribution >= 4 is 33.8 Å². The lowest BCUT2D eigenvalue weighted by Crippen LogP contribution is -2.30. The molecule has 1 saturated carbocycles. The van der Waals surface area contributed by atoms with Gasteiger partial charge in [-0.1, -0.05) is 37.4 Å². The molecule has 0 aromatic carbocycles. The Morgan fingerprint density at radius 1 is 1.22 bits per heavy atom. The van der Waals surface area contributed by atoms with Crippen molar-refractivity contribution in [3.05, 3.63) is 0 Å². The van der Waals surface area contributed by atoms with Gasteiger partial charge in [-0.3, -0.25) is 9.59 Å². The zero-order valence-electron chi connectivity index (χ0n) is 11.8. The lowest BCUT2D eigenvalue weighted by Gasteiger charge is -2.36. The van der Waals surface area contributed by atoms with Gasteiger partial charge in [0.1, 0.15) is 0 Å². The van der Waals surface area contributed by atoms with E-state index in [1.807, 2.05) is 0 Å². The molecule has 0 heterocycles. The first-order chi connectivity index (χ1) is 8.40. The van der Waals surface area contributed by atoms with Gasteiger partial charge in [0.25, 0.3) is 0 Å². The molecule has 0 saturated heterocycles. The predicted molar refractivity (Wildman–Crippen MR) is 80.9 cm³/mol. The second kappa shape index (κ2) is 7.59. The van der Waals surface area contributed by atoms with Gasteiger partial charge in [0.15, 0.2) is 10.2 Å². The van der Waals surface area contributed by atoms with Crippen molar-refractivity contribution in [1.29, 1.82) is 0 Å². The molecule has 0 spiro atoms. The van der Waals surface area contributed by atoms with Gasteiger partial charge in [-0.25, -0.2) is 0 Å². The predicted octanol–water partition coefficient (Wildman–Crippen LogP) is 3.99. The molecule has 0 aromatic rings. The fourth-order valence-corrected chi connectivity index (χ4v) is 4.50. The fourth-order valence-electron chi connectivity index (χ4n) is 2.59. The highest BCUT2D eigenvalue weighted by atomic mass is 32.2. The van der Waals surface area contributed by atoms with Gasteiger partial charge in [0, 0.05) is 24.9 Å². The van der Waals surface area contributed by atoms with Crippen LogP contribution in [0.4, 0.5) is 0 Å². The first-order valence-corrected chi connectivity index (χ1v) is 8.57. The first-order valence-electron chi connectivity index (χ1n) is 6.70. The molecule has 0 bridgehead atoms. The topological polar surface area (TPSA) is 34.1 Å². The quantitative estimate of drug-likeness (QED) is 0.783. The molecule has 1 rings (SSSR count). The van der Waals surface area contributed by atoms with Crippen LogP contribution < -0.4 is 0 Å². The maximum atomic E-state index is 11.3. The summed E-state index contributed by atoms with van der Waals surface area (Å²) in [7, 11) is 0. The van der Waals surface area contributed by atoms with E-state index in [0.717, 1.165) is 12.2 Å². The van der Waals surface area contributed by atoms with Gasteiger partial charge in [0.05, 0.1) is 0 Å². The van der Waals surface area contributed by atoms with Crippen molar-refractivity contribution in [2.45, 2.75) is 52.2 Å². The molecule has 18 heavy (non-hydrogen) atoms. The number of carbonyl (C=O) groups is 2. The van der Waals surface area contributed by atoms with E-state index < -0.39 is 0 Å². The van der Waals surface area contributed by atoms with E-state index in [-0.39, 0.29) is 10.2 Å². The Bertz CT molecular complexity index is 304. The van der Waals surface area contributed by atoms with Crippen LogP contribution in [0.25, 0.3) is 0 Å². The van der Waals surface area contributed by atoms with Crippen LogP contribution in [0.15, 0.2) is 0 Å². The summed E-state index contributed by atoms with van der Waals surface area (Å²) in [5, 5.41) is 0.921. The maximum absolute atomic E-state index is 11.3. The zero-order valence-corrected chi connectivity index (χ0v) is 13.4. The highest BCUT2D eigenvalue weighted by molar-refractivity contribution is 8.14. The van der Waals surface area contributed by atoms with E-state index in [4.69, 9.17) is 0 Å². The number of rotatable bonds is 4. The van der Waals surface area contributed by atoms with Gasteiger partial charge < -0.3 is 0 Å². The molecule has 2 nitrogen and oxygen atoms in total. The molecule has 0 radical (unpaired) electrons. The van der Waals surface area contributed by atoms with Crippen molar-refractivity contribution in [2.24, 2.45) is 17.8 Å². The Balaban J connectivity index is 2.47. The molecule has 1 aliphatic carbocycles. The third kappa shape index (κ3) is 5.35. The fraction of sp³-hybridized carbons (Fsp3) is 0.857. The Morgan fingerprint density at radius 3 is 2.44 bits per heavy atom. The maximum Gasteiger partial charge on any atom is 0.186 e. The minimum absolute atomic E-state index is 0.209. The molecular weight excluding hydrogens is 264 g/mol. The van der Waals surface area contributed by atoms with Crippen LogP contribution in [0.1, 0.15) is 47.0 Å². The van der Waals surface area contributed by atoms with Crippen molar-refractivity contribution in [2.75, 3.05) is 5.75 Å². The Hall–Kier alpha value is 0.0400. The summed E-state index contributed by atoms with van der Waals surface area (Å²) in [6, 6.07) is 0. The standard InChI is InChI=1S/C14H24O2S2/c1-9-5-6-13(7-14(9)18-12(4)16)10(2)8-17-11(3)15/h9-10,13-14H,5-8H2,1-4H3/t9-,10+,13+,14+/m1/s1. The van der Waals surface area contributed by atoms with Crippen molar-refractivity contribution in [3.63, 3.8) is 0 Å². The summed E-state index contributed by atoms with van der Waals surface area (Å²) < 4.78 is 0. The Morgan fingerprint density at radius 2 is 1.89 bits per heavy atom. The Kier molecular flexibility index (Phi) is 6.78. The smallest absolute Gasteiger partial charge is 0.186 e. The summed E-state index contributed by atoms with van der Waals surface area (Å²) in [5.41, 5.74) is 0. The van der Waals surface area contributed by atoms with Crippen LogP contribution >= 0.6 is 23.5 Å². The Labute approximate surface area is 119 Å². The van der Waals surface area contributed by atoms with Crippen molar-refractivity contribution in [3.8, 4) is 0 Å². The zero-order chi connectivity index (χ0) is 13.7. The molecule has 1 aliphatic rings. The van der Waals surface area contributed by atoms with E-state index >= 15 is 0 Å². The number of thioether (sulfide) groups is 2. The molecule has 0 unspecified atom stereocenters. The number of hydrogen-bond acceptors (Lipinski definition) is 4. The van der Waals surface area contributed by atoms with Crippen LogP contribution in [0.2, 0.25) is 0 Å². The lowest BCUT2D eigenvalue weighted by molar-refractivity contribution is -0.110. The number of carbonyl (C=O) groups excluding carboxylic acids is 2. The normalized spacial score (nSPS) is 29.9. The van der Waals surface area contributed by atoms with E-state index in [1.54, 1.807) is 13.8 Å². The SMILES string of the molecule is CC(=O)SC[C@H](C)[C@H]1CC[C@@H](C)[C@@H](SC(C)=O)C1. The minimum atomic E-state index is 0.209. The average Bonchev–Trinajstić information content (AvgIpc) is 2.28. The third-order valence-electron chi connectivity index (χ3n) is 3.83. The third-order valence-corrected chi connectivity index (χ3v) is 6.22. The van der Waals surface area contributed by atoms with Crippen molar-refractivity contribution in [1.82, 2.24) is 0 Å². The second-order valence-electron chi connectivity index (χ2n) is 5.48. The summed E-state index contributed by atoms with van der Waals surface area (Å²) in [6.45, 7) is 7.79. The summed E-state index contributed by atoms with van der Waals surface area (Å²) in [5.74, 6) is 2.81. The van der Waals surface area contributed by atoms with E-state index in [0.29, 0.717) is 23.0 Å². The second-order valence-corrected chi connectivity index (χ2v) is 8.09. The van der Waals surface area contributed by atoms with Crippen LogP contribution in [0, 0.1) is 17.8 Å². The van der Waals surface area contributed by atoms with E-state index in [2.05, 4.69) is 13.8 Å². The monoisotopic (exact) mass is 288 g/mol. The summed E-state index contributed by atoms with van der Waals surface area (Å²) in [6.07, 6.45) is 3.59. The molecule has 0 aromatic heterocycles. The summed E-state index contributed by atoms with van der Waals surface area (Å²) >= 11 is 2.95. The van der Waals surface area contributed by atoms with Gasteiger partial charge in [0.2, 0.25) is 0 Å². The van der Waals surface area contributed by atoms with E-state index in [1.165, 1.54) is 36.4 Å². The number of hydrogen-bond donors (Lipinski definition) is 0. The van der Waals surface area contributed by atoms with Gasteiger partial charge >= 0.3 is 0 Å². The van der Waals surface area contributed by atoms with Crippen LogP contribution in [-0.4, -0.2) is 21.2 Å².